The van der Waals surface area contributed by atoms with Crippen LogP contribution in [-0.4, -0.2) is 4.57 Å². The van der Waals surface area contributed by atoms with E-state index in [1.165, 1.54) is 44.1 Å². The van der Waals surface area contributed by atoms with Gasteiger partial charge in [0.05, 0.1) is 11.0 Å². The van der Waals surface area contributed by atoms with Gasteiger partial charge in [0.1, 0.15) is 22.3 Å². The first-order valence-corrected chi connectivity index (χ1v) is 21.0. The van der Waals surface area contributed by atoms with E-state index in [0.717, 1.165) is 60.7 Å². The largest absolute Gasteiger partial charge is 0.456 e. The highest BCUT2D eigenvalue weighted by molar-refractivity contribution is 6.12. The molecular formula is C58H49NO2. The molecule has 11 aromatic rings. The molecule has 0 atom stereocenters. The Morgan fingerprint density at radius 3 is 1.36 bits per heavy atom. The maximum Gasteiger partial charge on any atom is 0.135 e. The molecule has 3 heterocycles. The number of benzene rings is 8. The van der Waals surface area contributed by atoms with Crippen LogP contribution in [-0.2, 0) is 0 Å². The van der Waals surface area contributed by atoms with Crippen LogP contribution in [0.4, 0.5) is 0 Å². The monoisotopic (exact) mass is 791 g/mol. The summed E-state index contributed by atoms with van der Waals surface area (Å²) in [4.78, 5) is 0. The molecule has 298 valence electrons. The summed E-state index contributed by atoms with van der Waals surface area (Å²) in [5.41, 5.74) is 14.2. The molecule has 0 amide bonds. The minimum absolute atomic E-state index is 0.890. The van der Waals surface area contributed by atoms with Gasteiger partial charge in [0, 0.05) is 38.0 Å². The first-order chi connectivity index (χ1) is 30.1. The first kappa shape index (κ1) is 40.2. The number of para-hydroxylation sites is 3. The lowest BCUT2D eigenvalue weighted by Gasteiger charge is -2.08. The van der Waals surface area contributed by atoms with E-state index in [9.17, 15) is 0 Å². The third kappa shape index (κ3) is 7.82. The summed E-state index contributed by atoms with van der Waals surface area (Å²) in [5, 5.41) is 6.99. The Morgan fingerprint density at radius 2 is 0.820 bits per heavy atom. The molecule has 0 aliphatic heterocycles. The standard InChI is InChI=1S/C48H29NO2.C5H8.C3H6.C2H6/c1-2-11-36(12-3-1)49-43-15-6-4-13-37(43)39-26-32(17-21-44(39)49)35-20-24-48-42(29-35)41-28-34(19-23-47(41)51-48)31-10-8-9-30(25-31)33-18-22-46-40(27-33)38-14-5-7-16-45(38)50-46;1-3-5-4-2;1-3-2;1-2/h1-29H;3-5H,1H2,2H3;3H,1H2,2H3;1-2H3/b;5-4-;;. The summed E-state index contributed by atoms with van der Waals surface area (Å²) in [6, 6.07) is 62.7. The average Bonchev–Trinajstić information content (AvgIpc) is 3.99. The topological polar surface area (TPSA) is 31.2 Å². The fraction of sp³-hybridized carbons (Fsp3) is 0.0690. The number of fused-ring (bicyclic) bond motifs is 9. The lowest BCUT2D eigenvalue weighted by Crippen LogP contribution is -1.92. The van der Waals surface area contributed by atoms with Crippen molar-refractivity contribution in [2.24, 2.45) is 0 Å². The quantitative estimate of drug-likeness (QED) is 0.128. The third-order valence-corrected chi connectivity index (χ3v) is 10.7. The molecule has 3 nitrogen and oxygen atoms in total. The Hall–Kier alpha value is -7.62. The SMILES string of the molecule is C=C/C=C\C.C=CC.CC.c1ccc(-n2c3ccccc3c3cc(-c4ccc5oc6ccc(-c7cccc(-c8ccc9oc%10ccccc%10c9c8)c7)cc6c5c4)ccc32)cc1. The lowest BCUT2D eigenvalue weighted by atomic mass is 9.96. The molecule has 0 aliphatic rings. The highest BCUT2D eigenvalue weighted by Gasteiger charge is 2.15. The molecule has 3 aromatic heterocycles. The van der Waals surface area contributed by atoms with Crippen LogP contribution in [0.15, 0.2) is 222 Å². The van der Waals surface area contributed by atoms with Crippen LogP contribution in [0.2, 0.25) is 0 Å². The van der Waals surface area contributed by atoms with Gasteiger partial charge in [-0.05, 0) is 126 Å². The first-order valence-electron chi connectivity index (χ1n) is 21.0. The van der Waals surface area contributed by atoms with Crippen LogP contribution in [0.1, 0.15) is 27.7 Å². The molecule has 0 saturated carbocycles. The van der Waals surface area contributed by atoms with E-state index in [4.69, 9.17) is 8.83 Å². The maximum atomic E-state index is 6.36. The van der Waals surface area contributed by atoms with E-state index in [2.05, 4.69) is 182 Å². The van der Waals surface area contributed by atoms with Gasteiger partial charge in [-0.2, -0.15) is 0 Å². The fourth-order valence-corrected chi connectivity index (χ4v) is 8.06. The summed E-state index contributed by atoms with van der Waals surface area (Å²) < 4.78 is 14.8. The second-order valence-electron chi connectivity index (χ2n) is 14.5. The zero-order valence-corrected chi connectivity index (χ0v) is 35.2. The molecule has 0 radical (unpaired) electrons. The molecule has 3 heteroatoms. The molecule has 8 aromatic carbocycles. The van der Waals surface area contributed by atoms with Crippen LogP contribution in [0.25, 0.3) is 105 Å². The van der Waals surface area contributed by atoms with Gasteiger partial charge in [0.2, 0.25) is 0 Å². The molecule has 11 rings (SSSR count). The van der Waals surface area contributed by atoms with Crippen molar-refractivity contribution in [3.05, 3.63) is 213 Å². The number of nitrogens with zero attached hydrogens (tertiary/aromatic N) is 1. The Kier molecular flexibility index (Phi) is 11.9. The molecule has 0 aliphatic carbocycles. The summed E-state index contributed by atoms with van der Waals surface area (Å²) in [7, 11) is 0. The Bertz CT molecular complexity index is 3340. The van der Waals surface area contributed by atoms with E-state index in [1.54, 1.807) is 12.2 Å². The summed E-state index contributed by atoms with van der Waals surface area (Å²) in [5.74, 6) is 0. The van der Waals surface area contributed by atoms with Crippen LogP contribution in [0.5, 0.6) is 0 Å². The fourth-order valence-electron chi connectivity index (χ4n) is 8.06. The third-order valence-electron chi connectivity index (χ3n) is 10.7. The van der Waals surface area contributed by atoms with E-state index in [0.29, 0.717) is 0 Å². The van der Waals surface area contributed by atoms with Crippen LogP contribution < -0.4 is 0 Å². The van der Waals surface area contributed by atoms with Crippen LogP contribution >= 0.6 is 0 Å². The van der Waals surface area contributed by atoms with Gasteiger partial charge in [-0.15, -0.1) is 6.58 Å². The molecular weight excluding hydrogens is 743 g/mol. The number of hydrogen-bond donors (Lipinski definition) is 0. The van der Waals surface area contributed by atoms with Crippen molar-refractivity contribution >= 4 is 65.7 Å². The number of furan rings is 2. The number of allylic oxidation sites excluding steroid dienone is 4. The van der Waals surface area contributed by atoms with Crippen LogP contribution in [0.3, 0.4) is 0 Å². The maximum absolute atomic E-state index is 6.36. The normalized spacial score (nSPS) is 11.0. The van der Waals surface area contributed by atoms with Gasteiger partial charge in [0.25, 0.3) is 0 Å². The average molecular weight is 792 g/mol. The van der Waals surface area contributed by atoms with Crippen molar-refractivity contribution in [2.45, 2.75) is 27.7 Å². The second kappa shape index (κ2) is 18.1. The summed E-state index contributed by atoms with van der Waals surface area (Å²) in [6.07, 6.45) is 7.33. The number of aromatic nitrogens is 1. The highest BCUT2D eigenvalue weighted by atomic mass is 16.3. The summed E-state index contributed by atoms with van der Waals surface area (Å²) >= 11 is 0. The Morgan fingerprint density at radius 1 is 0.393 bits per heavy atom. The molecule has 0 N–H and O–H groups in total. The van der Waals surface area contributed by atoms with Crippen molar-refractivity contribution in [1.29, 1.82) is 0 Å². The van der Waals surface area contributed by atoms with Crippen molar-refractivity contribution < 1.29 is 8.83 Å². The Labute approximate surface area is 357 Å². The molecule has 0 spiro atoms. The van der Waals surface area contributed by atoms with Gasteiger partial charge in [-0.25, -0.2) is 0 Å². The van der Waals surface area contributed by atoms with Crippen molar-refractivity contribution in [1.82, 2.24) is 4.57 Å². The predicted octanol–water partition coefficient (Wildman–Crippen LogP) is 17.6. The lowest BCUT2D eigenvalue weighted by molar-refractivity contribution is 0.668. The Balaban J connectivity index is 0.000000470. The smallest absolute Gasteiger partial charge is 0.135 e. The molecule has 0 unspecified atom stereocenters. The van der Waals surface area contributed by atoms with Crippen molar-refractivity contribution in [3.8, 4) is 39.1 Å². The van der Waals surface area contributed by atoms with E-state index in [1.807, 2.05) is 52.0 Å². The van der Waals surface area contributed by atoms with Gasteiger partial charge in [-0.3, -0.25) is 0 Å². The van der Waals surface area contributed by atoms with Crippen molar-refractivity contribution in [3.63, 3.8) is 0 Å². The van der Waals surface area contributed by atoms with Gasteiger partial charge in [0.15, 0.2) is 0 Å². The highest BCUT2D eigenvalue weighted by Crippen LogP contribution is 2.39. The zero-order valence-electron chi connectivity index (χ0n) is 35.2. The van der Waals surface area contributed by atoms with E-state index in [-0.39, 0.29) is 0 Å². The molecule has 0 saturated heterocycles. The number of rotatable bonds is 5. The minimum atomic E-state index is 0.890. The number of hydrogen-bond acceptors (Lipinski definition) is 2. The molecule has 0 bridgehead atoms. The van der Waals surface area contributed by atoms with Crippen molar-refractivity contribution in [2.75, 3.05) is 0 Å². The zero-order chi connectivity index (χ0) is 42.3. The van der Waals surface area contributed by atoms with Gasteiger partial charge < -0.3 is 13.4 Å². The second-order valence-corrected chi connectivity index (χ2v) is 14.5. The molecule has 61 heavy (non-hydrogen) atoms. The van der Waals surface area contributed by atoms with Gasteiger partial charge in [-0.1, -0.05) is 142 Å². The van der Waals surface area contributed by atoms with E-state index >= 15 is 0 Å². The molecule has 0 fully saturated rings. The predicted molar refractivity (Wildman–Crippen MR) is 264 cm³/mol. The van der Waals surface area contributed by atoms with Crippen LogP contribution in [0, 0.1) is 0 Å². The van der Waals surface area contributed by atoms with E-state index < -0.39 is 0 Å². The minimum Gasteiger partial charge on any atom is -0.456 e. The summed E-state index contributed by atoms with van der Waals surface area (Å²) in [6.45, 7) is 14.7. The van der Waals surface area contributed by atoms with Gasteiger partial charge >= 0.3 is 0 Å².